The summed E-state index contributed by atoms with van der Waals surface area (Å²) in [5.41, 5.74) is 4.77. The van der Waals surface area contributed by atoms with E-state index >= 15 is 0 Å². The summed E-state index contributed by atoms with van der Waals surface area (Å²) >= 11 is 6.18. The van der Waals surface area contributed by atoms with Gasteiger partial charge in [-0.1, -0.05) is 47.5 Å². The molecule has 5 rings (SSSR count). The number of amides is 1. The predicted octanol–water partition coefficient (Wildman–Crippen LogP) is 4.05. The van der Waals surface area contributed by atoms with Crippen molar-refractivity contribution in [2.24, 2.45) is 0 Å². The number of hydrogen-bond donors (Lipinski definition) is 1. The van der Waals surface area contributed by atoms with Crippen molar-refractivity contribution in [2.45, 2.75) is 45.7 Å². The van der Waals surface area contributed by atoms with E-state index in [4.69, 9.17) is 11.6 Å². The average Bonchev–Trinajstić information content (AvgIpc) is 3.54. The van der Waals surface area contributed by atoms with Crippen molar-refractivity contribution in [3.8, 4) is 5.69 Å². The highest BCUT2D eigenvalue weighted by molar-refractivity contribution is 6.31. The van der Waals surface area contributed by atoms with Crippen LogP contribution in [0.1, 0.15) is 41.1 Å². The second kappa shape index (κ2) is 8.48. The van der Waals surface area contributed by atoms with Gasteiger partial charge in [0.2, 0.25) is 5.91 Å². The smallest absolute Gasteiger partial charge is 0.293 e. The monoisotopic (exact) mass is 461 g/mol. The Morgan fingerprint density at radius 3 is 2.70 bits per heavy atom. The summed E-state index contributed by atoms with van der Waals surface area (Å²) in [6, 6.07) is 13.4. The first-order valence-corrected chi connectivity index (χ1v) is 11.4. The van der Waals surface area contributed by atoms with Crippen LogP contribution in [-0.4, -0.2) is 25.5 Å². The molecule has 7 nitrogen and oxygen atoms in total. The summed E-state index contributed by atoms with van der Waals surface area (Å²) in [5.74, 6) is -0.00880. The number of aryl methyl sites for hydroxylation is 2. The van der Waals surface area contributed by atoms with Crippen molar-refractivity contribution in [3.05, 3.63) is 86.4 Å². The van der Waals surface area contributed by atoms with Gasteiger partial charge in [0, 0.05) is 22.9 Å². The van der Waals surface area contributed by atoms with Crippen LogP contribution >= 0.6 is 11.6 Å². The molecule has 0 atom stereocenters. The summed E-state index contributed by atoms with van der Waals surface area (Å²) in [6.07, 6.45) is 3.76. The Kier molecular flexibility index (Phi) is 5.50. The van der Waals surface area contributed by atoms with E-state index in [-0.39, 0.29) is 24.6 Å². The molecule has 0 radical (unpaired) electrons. The third-order valence-corrected chi connectivity index (χ3v) is 6.35. The first kappa shape index (κ1) is 21.4. The molecule has 1 aliphatic rings. The molecular formula is C25H24ClN5O2. The van der Waals surface area contributed by atoms with Crippen LogP contribution in [-0.2, 0) is 17.9 Å². The highest BCUT2D eigenvalue weighted by Gasteiger charge is 2.30. The van der Waals surface area contributed by atoms with Gasteiger partial charge in [-0.25, -0.2) is 9.36 Å². The van der Waals surface area contributed by atoms with Crippen molar-refractivity contribution in [2.75, 3.05) is 0 Å². The SMILES string of the molecule is Cc1ccc(-n2ncc3c(C4CC4)nn(CC(=O)NCc4ccccc4Cl)c(=O)c32)c(C)c1. The van der Waals surface area contributed by atoms with E-state index in [1.807, 2.05) is 44.2 Å². The molecule has 2 aromatic heterocycles. The number of rotatable bonds is 6. The molecular weight excluding hydrogens is 438 g/mol. The molecule has 1 N–H and O–H groups in total. The number of fused-ring (bicyclic) bond motifs is 1. The number of benzene rings is 2. The lowest BCUT2D eigenvalue weighted by atomic mass is 10.1. The van der Waals surface area contributed by atoms with Crippen LogP contribution in [0.15, 0.2) is 53.5 Å². The Bertz CT molecular complexity index is 1430. The Hall–Kier alpha value is -3.45. The molecule has 1 fully saturated rings. The van der Waals surface area contributed by atoms with Crippen LogP contribution in [0, 0.1) is 13.8 Å². The molecule has 2 heterocycles. The highest BCUT2D eigenvalue weighted by Crippen LogP contribution is 2.41. The summed E-state index contributed by atoms with van der Waals surface area (Å²) in [7, 11) is 0. The van der Waals surface area contributed by atoms with Gasteiger partial charge in [0.1, 0.15) is 12.1 Å². The van der Waals surface area contributed by atoms with E-state index in [1.165, 1.54) is 4.68 Å². The Balaban J connectivity index is 1.51. The number of nitrogens with zero attached hydrogens (tertiary/aromatic N) is 4. The highest BCUT2D eigenvalue weighted by atomic mass is 35.5. The molecule has 4 aromatic rings. The zero-order valence-corrected chi connectivity index (χ0v) is 19.3. The van der Waals surface area contributed by atoms with Crippen molar-refractivity contribution >= 4 is 28.4 Å². The van der Waals surface area contributed by atoms with E-state index in [1.54, 1.807) is 16.9 Å². The number of carbonyl (C=O) groups is 1. The number of nitrogens with one attached hydrogen (secondary N) is 1. The second-order valence-corrected chi connectivity index (χ2v) is 9.01. The molecule has 0 saturated heterocycles. The molecule has 33 heavy (non-hydrogen) atoms. The van der Waals surface area contributed by atoms with Crippen molar-refractivity contribution in [1.29, 1.82) is 0 Å². The third kappa shape index (κ3) is 4.16. The maximum atomic E-state index is 13.5. The van der Waals surface area contributed by atoms with Crippen molar-refractivity contribution in [1.82, 2.24) is 24.9 Å². The first-order chi connectivity index (χ1) is 15.9. The van der Waals surface area contributed by atoms with Gasteiger partial charge in [0.05, 0.1) is 17.6 Å². The fourth-order valence-electron chi connectivity index (χ4n) is 4.11. The molecule has 0 bridgehead atoms. The standard InChI is InChI=1S/C25H24ClN5O2/c1-15-7-10-21(16(2)11-15)31-24-19(13-28-31)23(17-8-9-17)29-30(25(24)33)14-22(32)27-12-18-5-3-4-6-20(18)26/h3-7,10-11,13,17H,8-9,12,14H2,1-2H3,(H,27,32). The van der Waals surface area contributed by atoms with Gasteiger partial charge in [0.25, 0.3) is 5.56 Å². The number of hydrogen-bond acceptors (Lipinski definition) is 4. The van der Waals surface area contributed by atoms with Gasteiger partial charge in [-0.2, -0.15) is 10.2 Å². The average molecular weight is 462 g/mol. The van der Waals surface area contributed by atoms with E-state index in [0.29, 0.717) is 16.5 Å². The maximum Gasteiger partial charge on any atom is 0.293 e. The zero-order chi connectivity index (χ0) is 23.1. The molecule has 0 aliphatic heterocycles. The summed E-state index contributed by atoms with van der Waals surface area (Å²) < 4.78 is 2.94. The minimum Gasteiger partial charge on any atom is -0.350 e. The topological polar surface area (TPSA) is 81.8 Å². The molecule has 168 valence electrons. The van der Waals surface area contributed by atoms with E-state index in [2.05, 4.69) is 21.6 Å². The number of carbonyl (C=O) groups excluding carboxylic acids is 1. The maximum absolute atomic E-state index is 13.5. The van der Waals surface area contributed by atoms with Gasteiger partial charge < -0.3 is 5.32 Å². The van der Waals surface area contributed by atoms with Crippen LogP contribution in [0.4, 0.5) is 0 Å². The molecule has 1 amide bonds. The number of aromatic nitrogens is 4. The van der Waals surface area contributed by atoms with Crippen molar-refractivity contribution in [3.63, 3.8) is 0 Å². The largest absolute Gasteiger partial charge is 0.350 e. The summed E-state index contributed by atoms with van der Waals surface area (Å²) in [4.78, 5) is 26.2. The molecule has 8 heteroatoms. The quantitative estimate of drug-likeness (QED) is 0.469. The van der Waals surface area contributed by atoms with Gasteiger partial charge in [-0.3, -0.25) is 9.59 Å². The van der Waals surface area contributed by atoms with E-state index < -0.39 is 0 Å². The van der Waals surface area contributed by atoms with Gasteiger partial charge in [-0.05, 0) is 49.9 Å². The third-order valence-electron chi connectivity index (χ3n) is 5.98. The summed E-state index contributed by atoms with van der Waals surface area (Å²) in [5, 5.41) is 13.3. The lowest BCUT2D eigenvalue weighted by Crippen LogP contribution is -2.34. The normalized spacial score (nSPS) is 13.4. The Labute approximate surface area is 196 Å². The minimum atomic E-state index is -0.334. The summed E-state index contributed by atoms with van der Waals surface area (Å²) in [6.45, 7) is 4.14. The molecule has 1 saturated carbocycles. The van der Waals surface area contributed by atoms with E-state index in [9.17, 15) is 9.59 Å². The molecule has 1 aliphatic carbocycles. The lowest BCUT2D eigenvalue weighted by Gasteiger charge is -2.12. The Morgan fingerprint density at radius 1 is 1.18 bits per heavy atom. The van der Waals surface area contributed by atoms with Gasteiger partial charge >= 0.3 is 0 Å². The number of halogens is 1. The predicted molar refractivity (Wildman–Crippen MR) is 128 cm³/mol. The van der Waals surface area contributed by atoms with Gasteiger partial charge in [0.15, 0.2) is 0 Å². The molecule has 0 unspecified atom stereocenters. The molecule has 2 aromatic carbocycles. The fourth-order valence-corrected chi connectivity index (χ4v) is 4.31. The zero-order valence-electron chi connectivity index (χ0n) is 18.5. The first-order valence-electron chi connectivity index (χ1n) is 11.0. The van der Waals surface area contributed by atoms with Crippen LogP contribution in [0.25, 0.3) is 16.6 Å². The minimum absolute atomic E-state index is 0.170. The van der Waals surface area contributed by atoms with Gasteiger partial charge in [-0.15, -0.1) is 0 Å². The molecule has 0 spiro atoms. The van der Waals surface area contributed by atoms with Crippen molar-refractivity contribution < 1.29 is 4.79 Å². The van der Waals surface area contributed by atoms with Crippen LogP contribution in [0.3, 0.4) is 0 Å². The second-order valence-electron chi connectivity index (χ2n) is 8.60. The lowest BCUT2D eigenvalue weighted by molar-refractivity contribution is -0.122. The van der Waals surface area contributed by atoms with E-state index in [0.717, 1.165) is 46.3 Å². The Morgan fingerprint density at radius 2 is 1.97 bits per heavy atom. The van der Waals surface area contributed by atoms with Crippen LogP contribution in [0.2, 0.25) is 5.02 Å². The van der Waals surface area contributed by atoms with Crippen LogP contribution in [0.5, 0.6) is 0 Å². The van der Waals surface area contributed by atoms with Crippen LogP contribution < -0.4 is 10.9 Å². The fraction of sp³-hybridized carbons (Fsp3) is 0.280.